The van der Waals surface area contributed by atoms with Crippen LogP contribution in [0.15, 0.2) is 42.7 Å². The summed E-state index contributed by atoms with van der Waals surface area (Å²) in [5.74, 6) is 0.0682. The maximum absolute atomic E-state index is 13.1. The van der Waals surface area contributed by atoms with Gasteiger partial charge in [-0.15, -0.1) is 0 Å². The predicted octanol–water partition coefficient (Wildman–Crippen LogP) is 3.12. The molecular weight excluding hydrogens is 350 g/mol. The molecule has 1 amide bonds. The minimum atomic E-state index is -0.487. The fraction of sp³-hybridized carbons (Fsp3) is 0.391. The smallest absolute Gasteiger partial charge is 0.254 e. The van der Waals surface area contributed by atoms with Gasteiger partial charge in [0.25, 0.3) is 5.91 Å². The number of hydrogen-bond acceptors (Lipinski definition) is 3. The summed E-state index contributed by atoms with van der Waals surface area (Å²) in [4.78, 5) is 22.4. The van der Waals surface area contributed by atoms with Gasteiger partial charge >= 0.3 is 0 Å². The average molecular weight is 375 g/mol. The number of carbonyl (C=O) groups excluding carboxylic acids is 1. The number of nitrogens with zero attached hydrogens (tertiary/aromatic N) is 2. The Morgan fingerprint density at radius 3 is 2.82 bits per heavy atom. The van der Waals surface area contributed by atoms with Crippen molar-refractivity contribution in [2.75, 3.05) is 13.1 Å². The van der Waals surface area contributed by atoms with Gasteiger partial charge in [0.1, 0.15) is 0 Å². The summed E-state index contributed by atoms with van der Waals surface area (Å²) in [7, 11) is 0. The van der Waals surface area contributed by atoms with Crippen molar-refractivity contribution in [2.45, 2.75) is 38.2 Å². The quantitative estimate of drug-likeness (QED) is 0.739. The van der Waals surface area contributed by atoms with Crippen LogP contribution in [0.4, 0.5) is 0 Å². The summed E-state index contributed by atoms with van der Waals surface area (Å²) in [6, 6.07) is 9.95. The number of carbonyl (C=O) groups is 1. The number of β-amino-alcohol motifs (C(OH)–C–C–N with tert-alkyl or cyclic N) is 1. The van der Waals surface area contributed by atoms with Crippen molar-refractivity contribution in [3.63, 3.8) is 0 Å². The lowest BCUT2D eigenvalue weighted by molar-refractivity contribution is 0.0765. The highest BCUT2D eigenvalue weighted by Gasteiger charge is 2.34. The number of amides is 1. The van der Waals surface area contributed by atoms with Gasteiger partial charge in [0.2, 0.25) is 0 Å². The molecule has 1 fully saturated rings. The van der Waals surface area contributed by atoms with E-state index in [-0.39, 0.29) is 11.8 Å². The van der Waals surface area contributed by atoms with E-state index in [1.54, 1.807) is 17.3 Å². The van der Waals surface area contributed by atoms with Gasteiger partial charge in [0.05, 0.1) is 6.10 Å². The number of nitrogens with one attached hydrogen (secondary N) is 1. The predicted molar refractivity (Wildman–Crippen MR) is 108 cm³/mol. The molecule has 2 aromatic heterocycles. The van der Waals surface area contributed by atoms with Crippen LogP contribution in [0.3, 0.4) is 0 Å². The number of aliphatic hydroxyl groups is 1. The molecule has 3 aromatic rings. The van der Waals surface area contributed by atoms with E-state index >= 15 is 0 Å². The topological polar surface area (TPSA) is 69.2 Å². The van der Waals surface area contributed by atoms with Gasteiger partial charge in [-0.1, -0.05) is 6.07 Å². The van der Waals surface area contributed by atoms with Gasteiger partial charge in [0, 0.05) is 53.6 Å². The van der Waals surface area contributed by atoms with Crippen LogP contribution in [-0.2, 0) is 19.3 Å². The molecule has 28 heavy (non-hydrogen) atoms. The fourth-order valence-electron chi connectivity index (χ4n) is 4.77. The normalized spacial score (nSPS) is 21.8. The van der Waals surface area contributed by atoms with E-state index < -0.39 is 6.10 Å². The molecule has 5 rings (SSSR count). The number of H-pyrrole nitrogens is 1. The van der Waals surface area contributed by atoms with Crippen molar-refractivity contribution in [2.24, 2.45) is 5.92 Å². The van der Waals surface area contributed by atoms with Gasteiger partial charge < -0.3 is 15.0 Å². The lowest BCUT2D eigenvalue weighted by Gasteiger charge is -2.16. The molecule has 2 aliphatic rings. The van der Waals surface area contributed by atoms with E-state index in [1.165, 1.54) is 29.5 Å². The highest BCUT2D eigenvalue weighted by molar-refractivity contribution is 5.99. The Morgan fingerprint density at radius 2 is 1.96 bits per heavy atom. The Labute approximate surface area is 164 Å². The Kier molecular flexibility index (Phi) is 4.40. The molecule has 1 aliphatic carbocycles. The Bertz CT molecular complexity index is 1010. The van der Waals surface area contributed by atoms with E-state index in [4.69, 9.17) is 0 Å². The molecule has 0 radical (unpaired) electrons. The van der Waals surface area contributed by atoms with Crippen molar-refractivity contribution in [1.82, 2.24) is 14.9 Å². The van der Waals surface area contributed by atoms with Crippen LogP contribution in [-0.4, -0.2) is 45.1 Å². The minimum Gasteiger partial charge on any atom is -0.391 e. The summed E-state index contributed by atoms with van der Waals surface area (Å²) < 4.78 is 0. The summed E-state index contributed by atoms with van der Waals surface area (Å²) in [6.07, 6.45) is 8.51. The molecule has 0 saturated carbocycles. The molecule has 144 valence electrons. The van der Waals surface area contributed by atoms with Gasteiger partial charge in [-0.2, -0.15) is 0 Å². The summed E-state index contributed by atoms with van der Waals surface area (Å²) in [6.45, 7) is 0.982. The van der Waals surface area contributed by atoms with E-state index in [9.17, 15) is 9.90 Å². The second kappa shape index (κ2) is 7.06. The van der Waals surface area contributed by atoms with Crippen molar-refractivity contribution >= 4 is 16.8 Å². The van der Waals surface area contributed by atoms with Gasteiger partial charge in [-0.05, 0) is 67.5 Å². The third-order valence-electron chi connectivity index (χ3n) is 6.29. The fourth-order valence-corrected chi connectivity index (χ4v) is 4.77. The van der Waals surface area contributed by atoms with Gasteiger partial charge in [-0.3, -0.25) is 9.78 Å². The summed E-state index contributed by atoms with van der Waals surface area (Å²) >= 11 is 0. The number of aromatic amines is 1. The highest BCUT2D eigenvalue weighted by atomic mass is 16.3. The Hall–Kier alpha value is -2.66. The zero-order chi connectivity index (χ0) is 19.1. The molecule has 0 unspecified atom stereocenters. The maximum atomic E-state index is 13.1. The standard InChI is InChI=1S/C23H25N3O2/c27-22-14-26(13-17(22)11-15-7-9-24-10-8-15)23(28)16-5-6-19-18-3-1-2-4-20(18)25-21(19)12-16/h5-10,12,17,22,25,27H,1-4,11,13-14H2/t17-,22+/m1/s1. The van der Waals surface area contributed by atoms with Crippen LogP contribution in [0, 0.1) is 5.92 Å². The van der Waals surface area contributed by atoms with Crippen LogP contribution in [0.1, 0.15) is 40.0 Å². The maximum Gasteiger partial charge on any atom is 0.254 e. The number of rotatable bonds is 3. The second-order valence-electron chi connectivity index (χ2n) is 8.15. The van der Waals surface area contributed by atoms with Gasteiger partial charge in [0.15, 0.2) is 0 Å². The first-order valence-electron chi connectivity index (χ1n) is 10.2. The third kappa shape index (κ3) is 3.10. The molecular formula is C23H25N3O2. The first-order valence-corrected chi connectivity index (χ1v) is 10.2. The SMILES string of the molecule is O=C(c1ccc2c3c([nH]c2c1)CCCC3)N1C[C@@H](Cc2ccncc2)[C@@H](O)C1. The Morgan fingerprint density at radius 1 is 1.14 bits per heavy atom. The van der Waals surface area contributed by atoms with Crippen molar-refractivity contribution in [3.8, 4) is 0 Å². The molecule has 1 aromatic carbocycles. The number of hydrogen-bond donors (Lipinski definition) is 2. The molecule has 1 aliphatic heterocycles. The number of pyridine rings is 1. The number of aromatic nitrogens is 2. The lowest BCUT2D eigenvalue weighted by Crippen LogP contribution is -2.29. The third-order valence-corrected chi connectivity index (χ3v) is 6.29. The number of likely N-dealkylation sites (tertiary alicyclic amines) is 1. The van der Waals surface area contributed by atoms with Crippen molar-refractivity contribution < 1.29 is 9.90 Å². The first-order chi connectivity index (χ1) is 13.7. The number of fused-ring (bicyclic) bond motifs is 3. The number of aliphatic hydroxyl groups excluding tert-OH is 1. The van der Waals surface area contributed by atoms with Crippen LogP contribution in [0.5, 0.6) is 0 Å². The van der Waals surface area contributed by atoms with E-state index in [2.05, 4.69) is 16.0 Å². The molecule has 2 atom stereocenters. The molecule has 5 nitrogen and oxygen atoms in total. The van der Waals surface area contributed by atoms with Crippen LogP contribution < -0.4 is 0 Å². The van der Waals surface area contributed by atoms with E-state index in [1.807, 2.05) is 24.3 Å². The minimum absolute atomic E-state index is 0.00532. The zero-order valence-corrected chi connectivity index (χ0v) is 15.9. The zero-order valence-electron chi connectivity index (χ0n) is 15.9. The number of benzene rings is 1. The molecule has 5 heteroatoms. The van der Waals surface area contributed by atoms with Crippen LogP contribution >= 0.6 is 0 Å². The van der Waals surface area contributed by atoms with Crippen molar-refractivity contribution in [1.29, 1.82) is 0 Å². The monoisotopic (exact) mass is 375 g/mol. The average Bonchev–Trinajstić information content (AvgIpc) is 3.28. The molecule has 0 spiro atoms. The second-order valence-corrected chi connectivity index (χ2v) is 8.15. The molecule has 1 saturated heterocycles. The highest BCUT2D eigenvalue weighted by Crippen LogP contribution is 2.30. The van der Waals surface area contributed by atoms with Gasteiger partial charge in [-0.25, -0.2) is 0 Å². The van der Waals surface area contributed by atoms with Crippen molar-refractivity contribution in [3.05, 3.63) is 65.1 Å². The molecule has 2 N–H and O–H groups in total. The molecule has 0 bridgehead atoms. The summed E-state index contributed by atoms with van der Waals surface area (Å²) in [5.41, 5.74) is 5.66. The lowest BCUT2D eigenvalue weighted by atomic mass is 9.95. The Balaban J connectivity index is 1.35. The molecule has 3 heterocycles. The van der Waals surface area contributed by atoms with Crippen LogP contribution in [0.25, 0.3) is 10.9 Å². The number of aryl methyl sites for hydroxylation is 2. The first kappa shape index (κ1) is 17.4. The van der Waals surface area contributed by atoms with E-state index in [0.29, 0.717) is 18.7 Å². The summed E-state index contributed by atoms with van der Waals surface area (Å²) in [5, 5.41) is 11.7. The largest absolute Gasteiger partial charge is 0.391 e. The van der Waals surface area contributed by atoms with E-state index in [0.717, 1.165) is 30.3 Å². The van der Waals surface area contributed by atoms with Crippen LogP contribution in [0.2, 0.25) is 0 Å².